The van der Waals surface area contributed by atoms with E-state index in [1.165, 1.54) is 57.1 Å². The molecule has 17 heavy (non-hydrogen) atoms. The zero-order valence-electron chi connectivity index (χ0n) is 10.7. The van der Waals surface area contributed by atoms with Gasteiger partial charge in [0.15, 0.2) is 0 Å². The van der Waals surface area contributed by atoms with Crippen LogP contribution in [0.15, 0.2) is 18.2 Å². The van der Waals surface area contributed by atoms with Crippen LogP contribution >= 0.6 is 0 Å². The average molecular weight is 229 g/mol. The highest BCUT2D eigenvalue weighted by Crippen LogP contribution is 2.28. The van der Waals surface area contributed by atoms with Gasteiger partial charge in [-0.15, -0.1) is 0 Å². The topological polar surface area (TPSA) is 12.0 Å². The highest BCUT2D eigenvalue weighted by atomic mass is 14.8. The van der Waals surface area contributed by atoms with Crippen molar-refractivity contribution >= 4 is 0 Å². The molecule has 0 atom stereocenters. The van der Waals surface area contributed by atoms with Gasteiger partial charge in [0.2, 0.25) is 0 Å². The van der Waals surface area contributed by atoms with Crippen LogP contribution < -0.4 is 5.32 Å². The zero-order chi connectivity index (χ0) is 11.5. The minimum Gasteiger partial charge on any atom is -0.313 e. The van der Waals surface area contributed by atoms with E-state index in [4.69, 9.17) is 0 Å². The zero-order valence-corrected chi connectivity index (χ0v) is 10.7. The maximum Gasteiger partial charge on any atom is 0.0205 e. The van der Waals surface area contributed by atoms with Gasteiger partial charge < -0.3 is 5.32 Å². The van der Waals surface area contributed by atoms with Gasteiger partial charge in [0.1, 0.15) is 0 Å². The molecule has 0 radical (unpaired) electrons. The molecule has 3 rings (SSSR count). The lowest BCUT2D eigenvalue weighted by molar-refractivity contribution is 0.292. The van der Waals surface area contributed by atoms with Crippen molar-refractivity contribution in [3.63, 3.8) is 0 Å². The molecule has 0 saturated heterocycles. The van der Waals surface area contributed by atoms with Crippen LogP contribution in [0.2, 0.25) is 0 Å². The Bertz CT molecular complexity index is 379. The summed E-state index contributed by atoms with van der Waals surface area (Å²) in [5.74, 6) is 1.03. The Labute approximate surface area is 105 Å². The van der Waals surface area contributed by atoms with E-state index >= 15 is 0 Å². The van der Waals surface area contributed by atoms with Crippen molar-refractivity contribution in [3.05, 3.63) is 34.9 Å². The summed E-state index contributed by atoms with van der Waals surface area (Å²) in [7, 11) is 0. The number of benzene rings is 1. The van der Waals surface area contributed by atoms with E-state index in [-0.39, 0.29) is 0 Å². The van der Waals surface area contributed by atoms with Crippen LogP contribution in [0.5, 0.6) is 0 Å². The van der Waals surface area contributed by atoms with E-state index in [0.29, 0.717) is 0 Å². The standard InChI is InChI=1S/C16H23N/c1-3-13(4-1)9-10-17-12-14-7-8-15-5-2-6-16(15)11-14/h7-8,11,13,17H,1-6,9-10,12H2. The van der Waals surface area contributed by atoms with Crippen LogP contribution in [0.1, 0.15) is 48.8 Å². The second-order valence-electron chi connectivity index (χ2n) is 5.72. The maximum absolute atomic E-state index is 3.59. The molecule has 1 N–H and O–H groups in total. The SMILES string of the molecule is c1cc2c(cc1CNCCC1CCC1)CCC2. The van der Waals surface area contributed by atoms with Gasteiger partial charge in [0, 0.05) is 6.54 Å². The third-order valence-electron chi connectivity index (χ3n) is 4.45. The van der Waals surface area contributed by atoms with Crippen LogP contribution in [0.4, 0.5) is 0 Å². The lowest BCUT2D eigenvalue weighted by atomic mass is 9.83. The van der Waals surface area contributed by atoms with Gasteiger partial charge in [-0.05, 0) is 54.8 Å². The summed E-state index contributed by atoms with van der Waals surface area (Å²) in [4.78, 5) is 0. The predicted molar refractivity (Wildman–Crippen MR) is 72.1 cm³/mol. The van der Waals surface area contributed by atoms with Crippen molar-refractivity contribution in [3.8, 4) is 0 Å². The van der Waals surface area contributed by atoms with Crippen molar-refractivity contribution in [1.29, 1.82) is 0 Å². The average Bonchev–Trinajstić information content (AvgIpc) is 2.73. The van der Waals surface area contributed by atoms with Crippen molar-refractivity contribution in [2.75, 3.05) is 6.54 Å². The van der Waals surface area contributed by atoms with Crippen LogP contribution in [-0.2, 0) is 19.4 Å². The molecule has 0 spiro atoms. The maximum atomic E-state index is 3.59. The Morgan fingerprint density at radius 2 is 1.94 bits per heavy atom. The van der Waals surface area contributed by atoms with Crippen molar-refractivity contribution in [2.24, 2.45) is 5.92 Å². The van der Waals surface area contributed by atoms with Crippen LogP contribution in [0.3, 0.4) is 0 Å². The summed E-state index contributed by atoms with van der Waals surface area (Å²) < 4.78 is 0. The van der Waals surface area contributed by atoms with Crippen LogP contribution in [-0.4, -0.2) is 6.54 Å². The molecule has 0 bridgehead atoms. The Hall–Kier alpha value is -0.820. The second-order valence-corrected chi connectivity index (χ2v) is 5.72. The predicted octanol–water partition coefficient (Wildman–Crippen LogP) is 3.46. The summed E-state index contributed by atoms with van der Waals surface area (Å²) in [6.45, 7) is 2.25. The Kier molecular flexibility index (Phi) is 3.46. The fraction of sp³-hybridized carbons (Fsp3) is 0.625. The molecule has 1 aromatic carbocycles. The number of nitrogens with one attached hydrogen (secondary N) is 1. The summed E-state index contributed by atoms with van der Waals surface area (Å²) in [5.41, 5.74) is 4.66. The number of rotatable bonds is 5. The molecule has 0 heterocycles. The lowest BCUT2D eigenvalue weighted by Crippen LogP contribution is -2.21. The van der Waals surface area contributed by atoms with E-state index in [1.807, 2.05) is 0 Å². The van der Waals surface area contributed by atoms with Gasteiger partial charge in [-0.25, -0.2) is 0 Å². The summed E-state index contributed by atoms with van der Waals surface area (Å²) >= 11 is 0. The highest BCUT2D eigenvalue weighted by Gasteiger charge is 2.16. The summed E-state index contributed by atoms with van der Waals surface area (Å²) in [5, 5.41) is 3.59. The molecular weight excluding hydrogens is 206 g/mol. The molecule has 0 aliphatic heterocycles. The molecule has 1 fully saturated rings. The van der Waals surface area contributed by atoms with Crippen molar-refractivity contribution in [1.82, 2.24) is 5.32 Å². The van der Waals surface area contributed by atoms with Crippen LogP contribution in [0.25, 0.3) is 0 Å². The number of aryl methyl sites for hydroxylation is 2. The highest BCUT2D eigenvalue weighted by molar-refractivity contribution is 5.35. The van der Waals surface area contributed by atoms with Gasteiger partial charge in [0.25, 0.3) is 0 Å². The third-order valence-corrected chi connectivity index (χ3v) is 4.45. The molecule has 1 nitrogen and oxygen atoms in total. The first-order chi connectivity index (χ1) is 8.42. The summed E-state index contributed by atoms with van der Waals surface area (Å²) in [6, 6.07) is 7.06. The van der Waals surface area contributed by atoms with E-state index in [0.717, 1.165) is 12.5 Å². The van der Waals surface area contributed by atoms with Gasteiger partial charge in [-0.1, -0.05) is 37.5 Å². The number of hydrogen-bond donors (Lipinski definition) is 1. The Balaban J connectivity index is 1.44. The molecule has 0 aromatic heterocycles. The lowest BCUT2D eigenvalue weighted by Gasteiger charge is -2.25. The number of fused-ring (bicyclic) bond motifs is 1. The van der Waals surface area contributed by atoms with E-state index < -0.39 is 0 Å². The van der Waals surface area contributed by atoms with Crippen LogP contribution in [0, 0.1) is 5.92 Å². The first kappa shape index (κ1) is 11.3. The van der Waals surface area contributed by atoms with E-state index in [9.17, 15) is 0 Å². The molecule has 2 aliphatic rings. The molecule has 2 aliphatic carbocycles. The minimum atomic E-state index is 1.03. The van der Waals surface area contributed by atoms with Gasteiger partial charge in [-0.3, -0.25) is 0 Å². The molecule has 0 amide bonds. The Morgan fingerprint density at radius 3 is 2.76 bits per heavy atom. The molecule has 0 unspecified atom stereocenters. The third kappa shape index (κ3) is 2.71. The van der Waals surface area contributed by atoms with Gasteiger partial charge in [0.05, 0.1) is 0 Å². The largest absolute Gasteiger partial charge is 0.313 e. The monoisotopic (exact) mass is 229 g/mol. The van der Waals surface area contributed by atoms with Crippen molar-refractivity contribution < 1.29 is 0 Å². The first-order valence-electron chi connectivity index (χ1n) is 7.23. The van der Waals surface area contributed by atoms with Gasteiger partial charge in [-0.2, -0.15) is 0 Å². The fourth-order valence-electron chi connectivity index (χ4n) is 3.06. The normalized spacial score (nSPS) is 19.1. The van der Waals surface area contributed by atoms with E-state index in [1.54, 1.807) is 11.1 Å². The molecule has 1 aromatic rings. The van der Waals surface area contributed by atoms with Gasteiger partial charge >= 0.3 is 0 Å². The Morgan fingerprint density at radius 1 is 1.06 bits per heavy atom. The van der Waals surface area contributed by atoms with E-state index in [2.05, 4.69) is 23.5 Å². The fourth-order valence-corrected chi connectivity index (χ4v) is 3.06. The molecule has 1 heteroatoms. The quantitative estimate of drug-likeness (QED) is 0.763. The second kappa shape index (κ2) is 5.22. The minimum absolute atomic E-state index is 1.03. The molecule has 1 saturated carbocycles. The summed E-state index contributed by atoms with van der Waals surface area (Å²) in [6.07, 6.45) is 9.74. The number of hydrogen-bond acceptors (Lipinski definition) is 1. The van der Waals surface area contributed by atoms with Crippen molar-refractivity contribution in [2.45, 2.75) is 51.5 Å². The molecule has 92 valence electrons. The first-order valence-corrected chi connectivity index (χ1v) is 7.23. The smallest absolute Gasteiger partial charge is 0.0205 e. The molecular formula is C16H23N.